The van der Waals surface area contributed by atoms with Crippen molar-refractivity contribution < 1.29 is 4.39 Å². The van der Waals surface area contributed by atoms with E-state index in [0.717, 1.165) is 23.6 Å². The van der Waals surface area contributed by atoms with Crippen LogP contribution in [0.4, 0.5) is 15.8 Å². The number of nitrogens with zero attached hydrogens (tertiary/aromatic N) is 2. The number of nitrogens with one attached hydrogen (secondary N) is 1. The van der Waals surface area contributed by atoms with Crippen LogP contribution in [0.5, 0.6) is 0 Å². The molecule has 0 aliphatic heterocycles. The van der Waals surface area contributed by atoms with Gasteiger partial charge in [0.15, 0.2) is 0 Å². The van der Waals surface area contributed by atoms with Gasteiger partial charge in [0, 0.05) is 18.4 Å². The van der Waals surface area contributed by atoms with Crippen molar-refractivity contribution in [2.24, 2.45) is 5.84 Å². The Morgan fingerprint density at radius 3 is 2.63 bits per heavy atom. The van der Waals surface area contributed by atoms with Gasteiger partial charge in [-0.2, -0.15) is 0 Å². The van der Waals surface area contributed by atoms with E-state index in [1.165, 1.54) is 12.1 Å². The van der Waals surface area contributed by atoms with Gasteiger partial charge >= 0.3 is 0 Å². The smallest absolute Gasteiger partial charge is 0.123 e. The van der Waals surface area contributed by atoms with Gasteiger partial charge in [0.05, 0.1) is 17.9 Å². The molecular formula is C14H17FN4. The highest BCUT2D eigenvalue weighted by Gasteiger charge is 2.06. The van der Waals surface area contributed by atoms with Crippen molar-refractivity contribution in [3.05, 3.63) is 54.1 Å². The van der Waals surface area contributed by atoms with Crippen LogP contribution in [0.1, 0.15) is 12.6 Å². The van der Waals surface area contributed by atoms with Crippen molar-refractivity contribution in [2.45, 2.75) is 13.5 Å². The number of nitrogens with two attached hydrogens (primary N) is 1. The molecule has 0 amide bonds. The molecule has 1 aromatic carbocycles. The number of hydrogen-bond acceptors (Lipinski definition) is 4. The van der Waals surface area contributed by atoms with Crippen LogP contribution < -0.4 is 16.2 Å². The Kier molecular flexibility index (Phi) is 4.30. The predicted octanol–water partition coefficient (Wildman–Crippen LogP) is 2.53. The summed E-state index contributed by atoms with van der Waals surface area (Å²) in [6.07, 6.45) is 1.71. The number of hydrogen-bond donors (Lipinski definition) is 2. The molecule has 0 atom stereocenters. The van der Waals surface area contributed by atoms with E-state index in [4.69, 9.17) is 5.84 Å². The highest BCUT2D eigenvalue weighted by Crippen LogP contribution is 2.17. The summed E-state index contributed by atoms with van der Waals surface area (Å²) in [4.78, 5) is 6.42. The molecule has 4 nitrogen and oxygen atoms in total. The zero-order valence-electron chi connectivity index (χ0n) is 10.8. The SMILES string of the molecule is CCN(Cc1cc(NN)ccn1)c1ccc(F)cc1. The number of aromatic nitrogens is 1. The number of pyridine rings is 1. The first-order valence-electron chi connectivity index (χ1n) is 6.15. The molecule has 0 saturated carbocycles. The van der Waals surface area contributed by atoms with Gasteiger partial charge in [-0.1, -0.05) is 0 Å². The molecule has 0 fully saturated rings. The number of hydrazine groups is 1. The molecule has 1 aromatic heterocycles. The molecule has 3 N–H and O–H groups in total. The van der Waals surface area contributed by atoms with Gasteiger partial charge in [0.2, 0.25) is 0 Å². The fourth-order valence-electron chi connectivity index (χ4n) is 1.89. The molecule has 0 bridgehead atoms. The first-order valence-corrected chi connectivity index (χ1v) is 6.15. The van der Waals surface area contributed by atoms with Gasteiger partial charge in [-0.25, -0.2) is 4.39 Å². The predicted molar refractivity (Wildman–Crippen MR) is 75.2 cm³/mol. The molecule has 100 valence electrons. The second-order valence-corrected chi connectivity index (χ2v) is 4.17. The Morgan fingerprint density at radius 2 is 2.00 bits per heavy atom. The maximum Gasteiger partial charge on any atom is 0.123 e. The normalized spacial score (nSPS) is 10.3. The first kappa shape index (κ1) is 13.3. The van der Waals surface area contributed by atoms with E-state index in [1.807, 2.05) is 13.0 Å². The van der Waals surface area contributed by atoms with Crippen molar-refractivity contribution in [3.8, 4) is 0 Å². The lowest BCUT2D eigenvalue weighted by Crippen LogP contribution is -2.22. The summed E-state index contributed by atoms with van der Waals surface area (Å²) >= 11 is 0. The summed E-state index contributed by atoms with van der Waals surface area (Å²) in [5.74, 6) is 5.15. The van der Waals surface area contributed by atoms with Gasteiger partial charge < -0.3 is 10.3 Å². The fourth-order valence-corrected chi connectivity index (χ4v) is 1.89. The van der Waals surface area contributed by atoms with Crippen molar-refractivity contribution >= 4 is 11.4 Å². The molecule has 0 saturated heterocycles. The Bertz CT molecular complexity index is 527. The lowest BCUT2D eigenvalue weighted by molar-refractivity contribution is 0.627. The van der Waals surface area contributed by atoms with Crippen LogP contribution in [0.25, 0.3) is 0 Å². The third-order valence-corrected chi connectivity index (χ3v) is 2.91. The Hall–Kier alpha value is -2.14. The minimum absolute atomic E-state index is 0.229. The Morgan fingerprint density at radius 1 is 1.26 bits per heavy atom. The largest absolute Gasteiger partial charge is 0.366 e. The van der Waals surface area contributed by atoms with Crippen LogP contribution in [-0.2, 0) is 6.54 Å². The number of halogens is 1. The molecule has 0 aliphatic rings. The number of benzene rings is 1. The van der Waals surface area contributed by atoms with Crippen molar-refractivity contribution in [1.82, 2.24) is 4.98 Å². The summed E-state index contributed by atoms with van der Waals surface area (Å²) < 4.78 is 12.9. The average molecular weight is 260 g/mol. The molecule has 1 heterocycles. The number of nitrogen functional groups attached to an aromatic ring is 1. The molecule has 2 aromatic rings. The first-order chi connectivity index (χ1) is 9.22. The fraction of sp³-hybridized carbons (Fsp3) is 0.214. The molecule has 2 rings (SSSR count). The zero-order chi connectivity index (χ0) is 13.7. The van der Waals surface area contributed by atoms with Crippen LogP contribution in [0.2, 0.25) is 0 Å². The van der Waals surface area contributed by atoms with E-state index in [1.54, 1.807) is 24.4 Å². The van der Waals surface area contributed by atoms with Crippen molar-refractivity contribution in [1.29, 1.82) is 0 Å². The molecular weight excluding hydrogens is 243 g/mol. The second-order valence-electron chi connectivity index (χ2n) is 4.17. The van der Waals surface area contributed by atoms with E-state index < -0.39 is 0 Å². The van der Waals surface area contributed by atoms with Crippen LogP contribution in [0.3, 0.4) is 0 Å². The minimum Gasteiger partial charge on any atom is -0.366 e. The summed E-state index contributed by atoms with van der Waals surface area (Å²) in [6, 6.07) is 10.2. The molecule has 0 unspecified atom stereocenters. The van der Waals surface area contributed by atoms with E-state index in [2.05, 4.69) is 15.3 Å². The quantitative estimate of drug-likeness (QED) is 0.640. The lowest BCUT2D eigenvalue weighted by atomic mass is 10.2. The summed E-state index contributed by atoms with van der Waals surface area (Å²) in [7, 11) is 0. The number of rotatable bonds is 5. The van der Waals surface area contributed by atoms with Gasteiger partial charge in [0.25, 0.3) is 0 Å². The zero-order valence-corrected chi connectivity index (χ0v) is 10.8. The van der Waals surface area contributed by atoms with Gasteiger partial charge in [-0.05, 0) is 43.3 Å². The van der Waals surface area contributed by atoms with E-state index in [-0.39, 0.29) is 5.82 Å². The van der Waals surface area contributed by atoms with E-state index >= 15 is 0 Å². The van der Waals surface area contributed by atoms with Crippen molar-refractivity contribution in [2.75, 3.05) is 16.9 Å². The maximum absolute atomic E-state index is 12.9. The van der Waals surface area contributed by atoms with Crippen LogP contribution >= 0.6 is 0 Å². The van der Waals surface area contributed by atoms with E-state index in [9.17, 15) is 4.39 Å². The lowest BCUT2D eigenvalue weighted by Gasteiger charge is -2.22. The van der Waals surface area contributed by atoms with E-state index in [0.29, 0.717) is 6.54 Å². The Labute approximate surface area is 112 Å². The molecule has 0 radical (unpaired) electrons. The van der Waals surface area contributed by atoms with Gasteiger partial charge in [0.1, 0.15) is 5.82 Å². The average Bonchev–Trinajstić information content (AvgIpc) is 2.46. The minimum atomic E-state index is -0.229. The standard InChI is InChI=1S/C14H17FN4/c1-2-19(14-5-3-11(15)4-6-14)10-13-9-12(18-16)7-8-17-13/h3-9H,2,10,16H2,1H3,(H,17,18). The topological polar surface area (TPSA) is 54.2 Å². The van der Waals surface area contributed by atoms with Gasteiger partial charge in [-0.15, -0.1) is 0 Å². The highest BCUT2D eigenvalue weighted by atomic mass is 19.1. The van der Waals surface area contributed by atoms with Crippen LogP contribution in [0.15, 0.2) is 42.6 Å². The maximum atomic E-state index is 12.9. The number of anilines is 2. The third-order valence-electron chi connectivity index (χ3n) is 2.91. The molecule has 0 aliphatic carbocycles. The summed E-state index contributed by atoms with van der Waals surface area (Å²) in [6.45, 7) is 3.51. The molecule has 19 heavy (non-hydrogen) atoms. The monoisotopic (exact) mass is 260 g/mol. The third kappa shape index (κ3) is 3.42. The summed E-state index contributed by atoms with van der Waals surface area (Å²) in [5.41, 5.74) is 5.29. The molecule has 0 spiro atoms. The summed E-state index contributed by atoms with van der Waals surface area (Å²) in [5, 5.41) is 0. The van der Waals surface area contributed by atoms with Crippen molar-refractivity contribution in [3.63, 3.8) is 0 Å². The van der Waals surface area contributed by atoms with Gasteiger partial charge in [-0.3, -0.25) is 10.8 Å². The highest BCUT2D eigenvalue weighted by molar-refractivity contribution is 5.48. The second kappa shape index (κ2) is 6.15. The Balaban J connectivity index is 2.16. The molecule has 5 heteroatoms. The van der Waals surface area contributed by atoms with Crippen LogP contribution in [0, 0.1) is 5.82 Å². The van der Waals surface area contributed by atoms with Crippen LogP contribution in [-0.4, -0.2) is 11.5 Å².